The summed E-state index contributed by atoms with van der Waals surface area (Å²) < 4.78 is 13.1. The molecule has 2 aromatic heterocycles. The average molecular weight is 346 g/mol. The van der Waals surface area contributed by atoms with Gasteiger partial charge in [-0.2, -0.15) is 0 Å². The number of rotatable bonds is 5. The van der Waals surface area contributed by atoms with Crippen LogP contribution in [0.2, 0.25) is 0 Å². The van der Waals surface area contributed by atoms with E-state index in [9.17, 15) is 4.79 Å². The summed E-state index contributed by atoms with van der Waals surface area (Å²) in [5.74, 6) is 0.625. The number of ether oxygens (including phenoxy) is 1. The maximum Gasteiger partial charge on any atom is 0.344 e. The fourth-order valence-corrected chi connectivity index (χ4v) is 3.72. The zero-order valence-corrected chi connectivity index (χ0v) is 14.1. The van der Waals surface area contributed by atoms with E-state index in [4.69, 9.17) is 9.15 Å². The van der Waals surface area contributed by atoms with Gasteiger partial charge in [-0.15, -0.1) is 5.10 Å². The third kappa shape index (κ3) is 2.99. The number of hydrogen-bond donors (Lipinski definition) is 1. The summed E-state index contributed by atoms with van der Waals surface area (Å²) in [6.45, 7) is 3.28. The van der Waals surface area contributed by atoms with Crippen molar-refractivity contribution in [3.8, 4) is 0 Å². The second-order valence-electron chi connectivity index (χ2n) is 5.84. The van der Waals surface area contributed by atoms with E-state index in [0.717, 1.165) is 30.5 Å². The van der Waals surface area contributed by atoms with Gasteiger partial charge < -0.3 is 9.15 Å². The number of nitrogens with one attached hydrogen (secondary N) is 1. The first kappa shape index (κ1) is 15.5. The lowest BCUT2D eigenvalue weighted by Crippen LogP contribution is -2.25. The van der Waals surface area contributed by atoms with Gasteiger partial charge in [-0.3, -0.25) is 4.57 Å². The van der Waals surface area contributed by atoms with Crippen molar-refractivity contribution in [2.75, 3.05) is 6.61 Å². The molecule has 0 radical (unpaired) electrons. The minimum absolute atomic E-state index is 0.0594. The van der Waals surface area contributed by atoms with Crippen LogP contribution in [-0.2, 0) is 11.3 Å². The summed E-state index contributed by atoms with van der Waals surface area (Å²) >= 11 is 1.45. The highest BCUT2D eigenvalue weighted by Crippen LogP contribution is 2.34. The standard InChI is InChI=1S/C16H18N4O3S/c1-10(14-17-12-6-2-3-7-13(12)23-14)24-16-19-18-15(21)20(16)9-11-5-4-8-22-11/h2-3,6-7,10-11H,4-5,8-9H2,1H3,(H,18,21)/t10-,11+/m0/s1. The number of H-pyrrole nitrogens is 1. The van der Waals surface area contributed by atoms with Gasteiger partial charge in [0.05, 0.1) is 17.9 Å². The van der Waals surface area contributed by atoms with Crippen molar-refractivity contribution >= 4 is 22.9 Å². The van der Waals surface area contributed by atoms with Crippen molar-refractivity contribution in [3.05, 3.63) is 40.6 Å². The number of aromatic amines is 1. The Hall–Kier alpha value is -2.06. The molecule has 0 spiro atoms. The second-order valence-corrected chi connectivity index (χ2v) is 7.14. The molecule has 0 amide bonds. The van der Waals surface area contributed by atoms with Gasteiger partial charge in [-0.1, -0.05) is 23.9 Å². The zero-order chi connectivity index (χ0) is 16.5. The molecule has 1 N–H and O–H groups in total. The first-order valence-corrected chi connectivity index (χ1v) is 8.87. The van der Waals surface area contributed by atoms with Gasteiger partial charge in [-0.25, -0.2) is 14.9 Å². The van der Waals surface area contributed by atoms with E-state index < -0.39 is 0 Å². The monoisotopic (exact) mass is 346 g/mol. The molecule has 1 aromatic carbocycles. The quantitative estimate of drug-likeness (QED) is 0.715. The Morgan fingerprint density at radius 1 is 1.46 bits per heavy atom. The van der Waals surface area contributed by atoms with Gasteiger partial charge in [0.25, 0.3) is 0 Å². The minimum Gasteiger partial charge on any atom is -0.439 e. The third-order valence-electron chi connectivity index (χ3n) is 4.07. The number of oxazole rings is 1. The van der Waals surface area contributed by atoms with Crippen LogP contribution >= 0.6 is 11.8 Å². The lowest BCUT2D eigenvalue weighted by atomic mass is 10.2. The molecule has 1 fully saturated rings. The summed E-state index contributed by atoms with van der Waals surface area (Å²) in [7, 11) is 0. The fourth-order valence-electron chi connectivity index (χ4n) is 2.82. The molecule has 3 heterocycles. The summed E-state index contributed by atoms with van der Waals surface area (Å²) in [6.07, 6.45) is 2.10. The van der Waals surface area contributed by atoms with Crippen LogP contribution in [-0.4, -0.2) is 32.5 Å². The molecule has 0 bridgehead atoms. The lowest BCUT2D eigenvalue weighted by molar-refractivity contribution is 0.0941. The summed E-state index contributed by atoms with van der Waals surface area (Å²) in [6, 6.07) is 7.66. The number of aromatic nitrogens is 4. The molecular weight excluding hydrogens is 328 g/mol. The smallest absolute Gasteiger partial charge is 0.344 e. The number of thioether (sulfide) groups is 1. The molecule has 1 aliphatic rings. The van der Waals surface area contributed by atoms with E-state index in [2.05, 4.69) is 15.2 Å². The van der Waals surface area contributed by atoms with Crippen molar-refractivity contribution in [1.82, 2.24) is 19.7 Å². The molecule has 7 nitrogen and oxygen atoms in total. The van der Waals surface area contributed by atoms with E-state index in [-0.39, 0.29) is 17.0 Å². The number of para-hydroxylation sites is 2. The van der Waals surface area contributed by atoms with Crippen LogP contribution in [0.5, 0.6) is 0 Å². The van der Waals surface area contributed by atoms with E-state index in [1.165, 1.54) is 11.8 Å². The Morgan fingerprint density at radius 2 is 2.33 bits per heavy atom. The average Bonchev–Trinajstić information content (AvgIpc) is 3.30. The predicted molar refractivity (Wildman–Crippen MR) is 90.1 cm³/mol. The molecule has 0 saturated carbocycles. The van der Waals surface area contributed by atoms with Crippen molar-refractivity contribution in [1.29, 1.82) is 0 Å². The second kappa shape index (κ2) is 6.45. The van der Waals surface area contributed by atoms with Crippen molar-refractivity contribution in [2.45, 2.75) is 42.8 Å². The van der Waals surface area contributed by atoms with Crippen molar-refractivity contribution in [3.63, 3.8) is 0 Å². The topological polar surface area (TPSA) is 85.9 Å². The Balaban J connectivity index is 1.55. The highest BCUT2D eigenvalue weighted by Gasteiger charge is 2.22. The number of benzene rings is 1. The minimum atomic E-state index is -0.210. The normalized spacial score (nSPS) is 19.1. The van der Waals surface area contributed by atoms with Gasteiger partial charge >= 0.3 is 5.69 Å². The SMILES string of the molecule is C[C@H](Sc1n[nH]c(=O)n1C[C@H]1CCCO1)c1nc2ccccc2o1. The van der Waals surface area contributed by atoms with Gasteiger partial charge in [0, 0.05) is 6.61 Å². The van der Waals surface area contributed by atoms with E-state index in [0.29, 0.717) is 17.6 Å². The molecule has 3 aromatic rings. The van der Waals surface area contributed by atoms with Crippen LogP contribution in [0.1, 0.15) is 30.9 Å². The molecule has 24 heavy (non-hydrogen) atoms. The molecule has 126 valence electrons. The van der Waals surface area contributed by atoms with Gasteiger partial charge in [0.15, 0.2) is 10.7 Å². The van der Waals surface area contributed by atoms with E-state index >= 15 is 0 Å². The molecule has 2 atom stereocenters. The highest BCUT2D eigenvalue weighted by atomic mass is 32.2. The van der Waals surface area contributed by atoms with E-state index in [1.807, 2.05) is 31.2 Å². The molecule has 1 aliphatic heterocycles. The maximum atomic E-state index is 12.0. The van der Waals surface area contributed by atoms with Gasteiger partial charge in [0.1, 0.15) is 5.52 Å². The van der Waals surface area contributed by atoms with Crippen LogP contribution in [0.4, 0.5) is 0 Å². The summed E-state index contributed by atoms with van der Waals surface area (Å²) in [5.41, 5.74) is 1.38. The number of hydrogen-bond acceptors (Lipinski definition) is 6. The molecule has 4 rings (SSSR count). The Morgan fingerprint density at radius 3 is 3.12 bits per heavy atom. The van der Waals surface area contributed by atoms with Crippen LogP contribution in [0, 0.1) is 0 Å². The van der Waals surface area contributed by atoms with Crippen molar-refractivity contribution < 1.29 is 9.15 Å². The molecule has 8 heteroatoms. The van der Waals surface area contributed by atoms with E-state index in [1.54, 1.807) is 4.57 Å². The molecule has 0 aliphatic carbocycles. The zero-order valence-electron chi connectivity index (χ0n) is 13.3. The Labute approximate surface area is 142 Å². The first-order valence-electron chi connectivity index (χ1n) is 7.99. The number of fused-ring (bicyclic) bond motifs is 1. The lowest BCUT2D eigenvalue weighted by Gasteiger charge is -2.12. The molecular formula is C16H18N4O3S. The fraction of sp³-hybridized carbons (Fsp3) is 0.438. The van der Waals surface area contributed by atoms with Crippen molar-refractivity contribution in [2.24, 2.45) is 0 Å². The van der Waals surface area contributed by atoms with Crippen LogP contribution in [0.15, 0.2) is 38.6 Å². The van der Waals surface area contributed by atoms with Crippen LogP contribution in [0.3, 0.4) is 0 Å². The largest absolute Gasteiger partial charge is 0.439 e. The summed E-state index contributed by atoms with van der Waals surface area (Å²) in [5, 5.41) is 7.24. The van der Waals surface area contributed by atoms with Gasteiger partial charge in [0.2, 0.25) is 5.89 Å². The van der Waals surface area contributed by atoms with Crippen LogP contribution in [0.25, 0.3) is 11.1 Å². The molecule has 1 saturated heterocycles. The Kier molecular flexibility index (Phi) is 4.15. The molecule has 0 unspecified atom stereocenters. The van der Waals surface area contributed by atoms with Crippen LogP contribution < -0.4 is 5.69 Å². The predicted octanol–water partition coefficient (Wildman–Crippen LogP) is 2.74. The Bertz CT molecular complexity index is 861. The first-order chi connectivity index (χ1) is 11.7. The number of nitrogens with zero attached hydrogens (tertiary/aromatic N) is 3. The van der Waals surface area contributed by atoms with Gasteiger partial charge in [-0.05, 0) is 31.9 Å². The third-order valence-corrected chi connectivity index (χ3v) is 5.15. The maximum absolute atomic E-state index is 12.0. The highest BCUT2D eigenvalue weighted by molar-refractivity contribution is 7.99. The summed E-state index contributed by atoms with van der Waals surface area (Å²) in [4.78, 5) is 16.5.